The van der Waals surface area contributed by atoms with Crippen LogP contribution in [0.15, 0.2) is 60.7 Å². The molecule has 3 rings (SSSR count). The summed E-state index contributed by atoms with van der Waals surface area (Å²) in [6.45, 7) is 27.0. The van der Waals surface area contributed by atoms with E-state index in [1.54, 1.807) is 7.11 Å². The number of hydrogen-bond acceptors (Lipinski definition) is 2. The number of allylic oxidation sites excluding steroid dienone is 8. The Hall–Kier alpha value is -2.74. The van der Waals surface area contributed by atoms with Crippen LogP contribution in [0.2, 0.25) is 0 Å². The van der Waals surface area contributed by atoms with Crippen LogP contribution in [0.3, 0.4) is 0 Å². The predicted octanol–water partition coefficient (Wildman–Crippen LogP) is 4.25. The second-order valence-electron chi connectivity index (χ2n) is 5.53. The molecule has 2 unspecified atom stereocenters. The summed E-state index contributed by atoms with van der Waals surface area (Å²) in [6, 6.07) is 4.16. The summed E-state index contributed by atoms with van der Waals surface area (Å²) in [4.78, 5) is 0. The van der Waals surface area contributed by atoms with Crippen LogP contribution in [0.25, 0.3) is 0 Å². The Bertz CT molecular complexity index is 810. The molecule has 8 nitrogen and oxygen atoms in total. The van der Waals surface area contributed by atoms with Gasteiger partial charge < -0.3 is 10.5 Å². The van der Waals surface area contributed by atoms with Crippen molar-refractivity contribution in [2.45, 2.75) is 24.7 Å². The first kappa shape index (κ1) is 45.7. The van der Waals surface area contributed by atoms with E-state index in [9.17, 15) is 0 Å². The molecule has 2 aliphatic carbocycles. The summed E-state index contributed by atoms with van der Waals surface area (Å²) >= 11 is 0. The van der Waals surface area contributed by atoms with E-state index in [0.29, 0.717) is 11.8 Å². The van der Waals surface area contributed by atoms with Gasteiger partial charge in [-0.2, -0.15) is 0 Å². The topological polar surface area (TPSA) is 155 Å². The van der Waals surface area contributed by atoms with Gasteiger partial charge in [0.25, 0.3) is 0 Å². The van der Waals surface area contributed by atoms with Crippen LogP contribution in [0.4, 0.5) is 5.69 Å². The van der Waals surface area contributed by atoms with E-state index in [1.807, 2.05) is 0 Å². The molecule has 0 fully saturated rings. The Labute approximate surface area is 227 Å². The van der Waals surface area contributed by atoms with Crippen LogP contribution in [0, 0.1) is 39.9 Å². The number of hydrogen-bond donors (Lipinski definition) is 1. The molecule has 2 atom stereocenters. The van der Waals surface area contributed by atoms with Crippen molar-refractivity contribution in [1.82, 2.24) is 0 Å². The largest absolute Gasteiger partial charge is 0 e. The number of anilines is 1. The summed E-state index contributed by atoms with van der Waals surface area (Å²) in [5, 5.41) is 0. The molecule has 2 aliphatic rings. The van der Waals surface area contributed by atoms with Crippen LogP contribution in [0.1, 0.15) is 35.8 Å². The molecule has 1 aromatic rings. The van der Waals surface area contributed by atoms with E-state index in [-0.39, 0.29) is 34.1 Å². The van der Waals surface area contributed by atoms with Crippen LogP contribution in [0.5, 0.6) is 5.75 Å². The molecule has 0 radical (unpaired) electrons. The molecule has 35 heavy (non-hydrogen) atoms. The third kappa shape index (κ3) is 17.4. The molecule has 184 valence electrons. The molecular formula is C25H21Fe2NO7. The van der Waals surface area contributed by atoms with Crippen molar-refractivity contribution in [3.63, 3.8) is 0 Å². The van der Waals surface area contributed by atoms with Crippen LogP contribution < -0.4 is 10.5 Å². The van der Waals surface area contributed by atoms with E-state index in [0.717, 1.165) is 24.3 Å². The molecule has 2 N–H and O–H groups in total. The van der Waals surface area contributed by atoms with Gasteiger partial charge in [-0.15, -0.1) is 0 Å². The standard InChI is InChI=1S/C19H21NO.6CO.2Fe/c1-21-16-12-17(14-8-4-2-5-9-14)19(20)18(13-16)15-10-6-3-7-11-15;6*1-2;;/h2-8,10,12-15H,9,11,20H2,1H3;;;;;;;;. The second kappa shape index (κ2) is 35.8. The molecule has 0 heterocycles. The van der Waals surface area contributed by atoms with Crippen molar-refractivity contribution >= 4 is 5.69 Å². The molecule has 0 amide bonds. The Morgan fingerprint density at radius 3 is 1.20 bits per heavy atom. The average molecular weight is 559 g/mol. The first-order valence-corrected chi connectivity index (χ1v) is 8.66. The van der Waals surface area contributed by atoms with E-state index in [2.05, 4.69) is 101 Å². The smallest absolute Gasteiger partial charge is 0 e. The Kier molecular flexibility index (Phi) is 46.8. The van der Waals surface area contributed by atoms with Gasteiger partial charge in [0.15, 0.2) is 0 Å². The van der Waals surface area contributed by atoms with Crippen molar-refractivity contribution in [3.05, 3.63) is 112 Å². The van der Waals surface area contributed by atoms with Gasteiger partial charge in [0.2, 0.25) is 0 Å². The molecule has 0 spiro atoms. The maximum absolute atomic E-state index is 7.50. The minimum absolute atomic E-state index is 0. The maximum Gasteiger partial charge on any atom is 0 e. The van der Waals surface area contributed by atoms with E-state index in [1.165, 1.54) is 11.1 Å². The molecule has 0 aromatic heterocycles. The molecule has 10 heteroatoms. The quantitative estimate of drug-likeness (QED) is 0.255. The molecule has 0 saturated carbocycles. The molecule has 1 aromatic carbocycles. The van der Waals surface area contributed by atoms with Crippen molar-refractivity contribution in [3.8, 4) is 5.75 Å². The first-order valence-electron chi connectivity index (χ1n) is 8.66. The molecule has 0 saturated heterocycles. The van der Waals surface area contributed by atoms with Gasteiger partial charge in [-0.3, -0.25) is 0 Å². The second-order valence-corrected chi connectivity index (χ2v) is 5.53. The summed E-state index contributed by atoms with van der Waals surface area (Å²) < 4.78 is 50.5. The zero-order valence-corrected chi connectivity index (χ0v) is 20.7. The molecule has 0 aliphatic heterocycles. The molecule has 0 bridgehead atoms. The van der Waals surface area contributed by atoms with Crippen LogP contribution in [-0.2, 0) is 62.1 Å². The van der Waals surface area contributed by atoms with E-state index in [4.69, 9.17) is 38.4 Å². The van der Waals surface area contributed by atoms with Crippen LogP contribution >= 0.6 is 0 Å². The fraction of sp³-hybridized carbons (Fsp3) is 0.200. The minimum Gasteiger partial charge on any atom is 0 e. The van der Waals surface area contributed by atoms with Crippen molar-refractivity contribution < 1.29 is 66.8 Å². The Morgan fingerprint density at radius 1 is 0.657 bits per heavy atom. The Morgan fingerprint density at radius 2 is 0.971 bits per heavy atom. The van der Waals surface area contributed by atoms with Gasteiger partial charge in [0.1, 0.15) is 5.75 Å². The fourth-order valence-electron chi connectivity index (χ4n) is 3.02. The van der Waals surface area contributed by atoms with Crippen LogP contribution in [-0.4, -0.2) is 7.11 Å². The SMILES string of the molecule is COc1cc(C2C=CC=CC2)c(N)c(C2C=CC=CC2)c1.[C-]#[O+].[C-]#[O+].[C-]#[O+].[C-]#[O+].[C-]#[O+].[C-]#[O+].[Fe].[Fe]. The first-order chi connectivity index (χ1) is 16.3. The summed E-state index contributed by atoms with van der Waals surface area (Å²) in [5.41, 5.74) is 9.75. The summed E-state index contributed by atoms with van der Waals surface area (Å²) in [5.74, 6) is 1.57. The summed E-state index contributed by atoms with van der Waals surface area (Å²) in [6.07, 6.45) is 19.1. The van der Waals surface area contributed by atoms with Gasteiger partial charge >= 0.3 is 67.8 Å². The third-order valence-electron chi connectivity index (χ3n) is 4.21. The van der Waals surface area contributed by atoms with E-state index < -0.39 is 0 Å². The minimum atomic E-state index is 0. The van der Waals surface area contributed by atoms with Crippen molar-refractivity contribution in [1.29, 1.82) is 0 Å². The fourth-order valence-corrected chi connectivity index (χ4v) is 3.02. The van der Waals surface area contributed by atoms with Crippen molar-refractivity contribution in [2.75, 3.05) is 12.8 Å². The summed E-state index contributed by atoms with van der Waals surface area (Å²) in [7, 11) is 1.71. The van der Waals surface area contributed by atoms with Crippen molar-refractivity contribution in [2.24, 2.45) is 0 Å². The maximum atomic E-state index is 7.50. The number of methoxy groups -OCH3 is 1. The normalized spacial score (nSPS) is 14.4. The predicted molar refractivity (Wildman–Crippen MR) is 112 cm³/mol. The zero-order valence-electron chi connectivity index (χ0n) is 18.5. The van der Waals surface area contributed by atoms with Gasteiger partial charge in [-0.1, -0.05) is 48.6 Å². The van der Waals surface area contributed by atoms with Gasteiger partial charge in [-0.05, 0) is 36.1 Å². The monoisotopic (exact) mass is 559 g/mol. The molecular weight excluding hydrogens is 538 g/mol. The van der Waals surface area contributed by atoms with Gasteiger partial charge in [0.05, 0.1) is 7.11 Å². The van der Waals surface area contributed by atoms with Gasteiger partial charge in [-0.25, -0.2) is 0 Å². The van der Waals surface area contributed by atoms with E-state index >= 15 is 0 Å². The number of ether oxygens (including phenoxy) is 1. The Balaban J connectivity index is -0.000000132. The zero-order chi connectivity index (χ0) is 26.7. The third-order valence-corrected chi connectivity index (χ3v) is 4.21. The average Bonchev–Trinajstić information content (AvgIpc) is 2.96. The number of benzene rings is 1. The number of nitrogen functional groups attached to an aromatic ring is 1. The van der Waals surface area contributed by atoms with Gasteiger partial charge in [0, 0.05) is 51.7 Å². The number of nitrogens with two attached hydrogens (primary N) is 1. The number of rotatable bonds is 3.